The van der Waals surface area contributed by atoms with Crippen molar-refractivity contribution in [1.29, 1.82) is 0 Å². The molecule has 6 heterocycles. The molecule has 2 fully saturated rings. The van der Waals surface area contributed by atoms with Crippen LogP contribution >= 0.6 is 23.2 Å². The van der Waals surface area contributed by atoms with E-state index in [4.69, 9.17) is 23.2 Å². The lowest BCUT2D eigenvalue weighted by molar-refractivity contribution is 0.567. The van der Waals surface area contributed by atoms with Crippen LogP contribution in [0.15, 0.2) is 107 Å². The van der Waals surface area contributed by atoms with Gasteiger partial charge >= 0.3 is 0 Å². The lowest BCUT2D eigenvalue weighted by Crippen LogP contribution is -2.31. The minimum absolute atomic E-state index is 0.105. The molecule has 14 heteroatoms. The van der Waals surface area contributed by atoms with Gasteiger partial charge in [0.05, 0.1) is 34.9 Å². The number of anilines is 2. The Balaban J connectivity index is 0.000000144. The smallest absolute Gasteiger partial charge is 0.263 e. The summed E-state index contributed by atoms with van der Waals surface area (Å²) in [5.41, 5.74) is 3.44. The van der Waals surface area contributed by atoms with Gasteiger partial charge in [-0.15, -0.1) is 20.4 Å². The first-order valence-corrected chi connectivity index (χ1v) is 19.4. The van der Waals surface area contributed by atoms with Crippen molar-refractivity contribution in [2.75, 3.05) is 36.0 Å². The first-order valence-electron chi connectivity index (χ1n) is 18.7. The summed E-state index contributed by atoms with van der Waals surface area (Å²) >= 11 is 12.4. The van der Waals surface area contributed by atoms with Gasteiger partial charge in [-0.3, -0.25) is 18.7 Å². The van der Waals surface area contributed by atoms with Gasteiger partial charge in [0.15, 0.2) is 0 Å². The van der Waals surface area contributed by atoms with E-state index in [9.17, 15) is 9.59 Å². The van der Waals surface area contributed by atoms with Crippen molar-refractivity contribution >= 4 is 68.5 Å². The molecule has 0 radical (unpaired) electrons. The molecule has 55 heavy (non-hydrogen) atoms. The van der Waals surface area contributed by atoms with Gasteiger partial charge in [-0.2, -0.15) is 0 Å². The third kappa shape index (κ3) is 6.59. The number of hydrogen-bond donors (Lipinski definition) is 0. The van der Waals surface area contributed by atoms with E-state index in [1.165, 1.54) is 6.42 Å². The van der Waals surface area contributed by atoms with Crippen molar-refractivity contribution < 1.29 is 0 Å². The molecule has 4 aromatic heterocycles. The summed E-state index contributed by atoms with van der Waals surface area (Å²) in [5, 5.41) is 20.0. The van der Waals surface area contributed by atoms with Crippen LogP contribution in [0.4, 0.5) is 11.9 Å². The SMILES string of the molecule is O=c1c2cc(Cl)ccc2n2c(N3CCCC3)nnc2n1Cc1ccccc1.O=c1c2cc(Cl)ccc2n2c(N3CCCCC3)nnc2n1Cc1ccccc1. The Kier molecular flexibility index (Phi) is 9.45. The van der Waals surface area contributed by atoms with Gasteiger partial charge in [-0.1, -0.05) is 83.9 Å². The second-order valence-electron chi connectivity index (χ2n) is 14.1. The van der Waals surface area contributed by atoms with Gasteiger partial charge in [0.2, 0.25) is 23.5 Å². The Morgan fingerprint density at radius 3 is 1.31 bits per heavy atom. The van der Waals surface area contributed by atoms with Gasteiger partial charge < -0.3 is 9.80 Å². The zero-order valence-corrected chi connectivity index (χ0v) is 31.6. The van der Waals surface area contributed by atoms with E-state index in [0.717, 1.165) is 85.9 Å². The number of rotatable bonds is 6. The maximum atomic E-state index is 13.3. The first-order chi connectivity index (χ1) is 26.9. The molecule has 0 atom stereocenters. The zero-order chi connectivity index (χ0) is 37.5. The minimum atomic E-state index is -0.107. The maximum absolute atomic E-state index is 13.3. The van der Waals surface area contributed by atoms with Crippen molar-refractivity contribution in [3.05, 3.63) is 139 Å². The highest BCUT2D eigenvalue weighted by atomic mass is 35.5. The van der Waals surface area contributed by atoms with E-state index in [-0.39, 0.29) is 11.1 Å². The van der Waals surface area contributed by atoms with Gasteiger partial charge in [0.1, 0.15) is 0 Å². The van der Waals surface area contributed by atoms with E-state index < -0.39 is 0 Å². The van der Waals surface area contributed by atoms with E-state index in [1.54, 1.807) is 27.3 Å². The lowest BCUT2D eigenvalue weighted by Gasteiger charge is -2.26. The van der Waals surface area contributed by atoms with Crippen molar-refractivity contribution in [3.8, 4) is 0 Å². The first kappa shape index (κ1) is 35.0. The van der Waals surface area contributed by atoms with E-state index in [1.807, 2.05) is 87.7 Å². The topological polar surface area (TPSA) is 111 Å². The molecule has 0 amide bonds. The van der Waals surface area contributed by atoms with E-state index in [2.05, 4.69) is 30.2 Å². The summed E-state index contributed by atoms with van der Waals surface area (Å²) in [6.45, 7) is 4.68. The number of aromatic nitrogens is 8. The second kappa shape index (κ2) is 14.8. The fourth-order valence-electron chi connectivity index (χ4n) is 7.78. The quantitative estimate of drug-likeness (QED) is 0.176. The summed E-state index contributed by atoms with van der Waals surface area (Å²) in [6, 6.07) is 30.7. The fraction of sp³-hybridized carbons (Fsp3) is 0.268. The monoisotopic (exact) mass is 772 g/mol. The Morgan fingerprint density at radius 1 is 0.491 bits per heavy atom. The molecule has 278 valence electrons. The molecule has 10 rings (SSSR count). The maximum Gasteiger partial charge on any atom is 0.263 e. The van der Waals surface area contributed by atoms with Crippen LogP contribution < -0.4 is 20.9 Å². The molecular weight excluding hydrogens is 735 g/mol. The highest BCUT2D eigenvalue weighted by Crippen LogP contribution is 2.27. The summed E-state index contributed by atoms with van der Waals surface area (Å²) in [4.78, 5) is 31.0. The van der Waals surface area contributed by atoms with Crippen LogP contribution in [0.3, 0.4) is 0 Å². The van der Waals surface area contributed by atoms with Gasteiger partial charge in [-0.25, -0.2) is 8.80 Å². The Labute approximate surface area is 325 Å². The average molecular weight is 774 g/mol. The Hall–Kier alpha value is -5.72. The summed E-state index contributed by atoms with van der Waals surface area (Å²) in [5.74, 6) is 2.70. The van der Waals surface area contributed by atoms with Gasteiger partial charge in [0.25, 0.3) is 11.1 Å². The van der Waals surface area contributed by atoms with E-state index >= 15 is 0 Å². The molecule has 0 spiro atoms. The summed E-state index contributed by atoms with van der Waals surface area (Å²) < 4.78 is 7.36. The third-order valence-corrected chi connectivity index (χ3v) is 11.0. The third-order valence-electron chi connectivity index (χ3n) is 10.5. The molecule has 8 aromatic rings. The Morgan fingerprint density at radius 2 is 0.891 bits per heavy atom. The molecule has 0 bridgehead atoms. The molecular formula is C41H38Cl2N10O2. The number of nitrogens with zero attached hydrogens (tertiary/aromatic N) is 10. The van der Waals surface area contributed by atoms with Crippen molar-refractivity contribution in [2.24, 2.45) is 0 Å². The highest BCUT2D eigenvalue weighted by Gasteiger charge is 2.24. The van der Waals surface area contributed by atoms with Crippen molar-refractivity contribution in [3.63, 3.8) is 0 Å². The Bertz CT molecular complexity index is 2780. The number of piperidine rings is 1. The van der Waals surface area contributed by atoms with Crippen LogP contribution in [0.2, 0.25) is 10.0 Å². The van der Waals surface area contributed by atoms with Crippen molar-refractivity contribution in [1.82, 2.24) is 38.3 Å². The molecule has 0 saturated carbocycles. The van der Waals surface area contributed by atoms with Crippen LogP contribution in [0.5, 0.6) is 0 Å². The van der Waals surface area contributed by atoms with Gasteiger partial charge in [0, 0.05) is 36.2 Å². The molecule has 2 aliphatic rings. The number of halogens is 2. The van der Waals surface area contributed by atoms with Crippen molar-refractivity contribution in [2.45, 2.75) is 45.2 Å². The minimum Gasteiger partial charge on any atom is -0.341 e. The predicted octanol–water partition coefficient (Wildman–Crippen LogP) is 7.08. The molecule has 0 N–H and O–H groups in total. The van der Waals surface area contributed by atoms with Crippen LogP contribution in [0.25, 0.3) is 33.4 Å². The molecule has 0 unspecified atom stereocenters. The standard InChI is InChI=1S/C21H20ClN5O.C20H18ClN5O/c22-16-9-10-18-17(13-16)19(28)26(14-15-7-3-1-4-8-15)21-24-23-20(27(18)21)25-11-5-2-6-12-25;21-15-8-9-17-16(12-15)18(27)25(13-14-6-2-1-3-7-14)20-23-22-19(26(17)20)24-10-4-5-11-24/h1,3-4,7-10,13H,2,5-6,11-12,14H2;1-3,6-9,12H,4-5,10-11,13H2. The zero-order valence-electron chi connectivity index (χ0n) is 30.1. The average Bonchev–Trinajstić information content (AvgIpc) is 4.01. The largest absolute Gasteiger partial charge is 0.341 e. The fourth-order valence-corrected chi connectivity index (χ4v) is 8.12. The van der Waals surface area contributed by atoms with Crippen LogP contribution in [0.1, 0.15) is 43.2 Å². The lowest BCUT2D eigenvalue weighted by atomic mass is 10.1. The molecule has 2 aliphatic heterocycles. The number of fused-ring (bicyclic) bond motifs is 6. The normalized spacial score (nSPS) is 14.7. The van der Waals surface area contributed by atoms with E-state index in [0.29, 0.717) is 45.5 Å². The summed E-state index contributed by atoms with van der Waals surface area (Å²) in [7, 11) is 0. The predicted molar refractivity (Wildman–Crippen MR) is 218 cm³/mol. The molecule has 2 saturated heterocycles. The molecule has 12 nitrogen and oxygen atoms in total. The number of benzene rings is 4. The van der Waals surface area contributed by atoms with Crippen LogP contribution in [0, 0.1) is 0 Å². The molecule has 0 aliphatic carbocycles. The van der Waals surface area contributed by atoms with Crippen LogP contribution in [-0.4, -0.2) is 64.5 Å². The summed E-state index contributed by atoms with van der Waals surface area (Å²) in [6.07, 6.45) is 5.80. The number of hydrogen-bond acceptors (Lipinski definition) is 8. The van der Waals surface area contributed by atoms with Crippen LogP contribution in [-0.2, 0) is 13.1 Å². The highest BCUT2D eigenvalue weighted by molar-refractivity contribution is 6.31. The second-order valence-corrected chi connectivity index (χ2v) is 15.0. The molecule has 4 aromatic carbocycles. The van der Waals surface area contributed by atoms with Gasteiger partial charge in [-0.05, 0) is 79.6 Å².